The van der Waals surface area contributed by atoms with E-state index in [9.17, 15) is 4.79 Å². The van der Waals surface area contributed by atoms with Crippen LogP contribution in [0.1, 0.15) is 6.92 Å². The first kappa shape index (κ1) is 18.7. The molecule has 3 rings (SSSR count). The lowest BCUT2D eigenvalue weighted by Gasteiger charge is -2.15. The van der Waals surface area contributed by atoms with Crippen LogP contribution in [0.25, 0.3) is 11.4 Å². The van der Waals surface area contributed by atoms with Crippen LogP contribution in [0.15, 0.2) is 48.5 Å². The molecule has 0 radical (unpaired) electrons. The highest BCUT2D eigenvalue weighted by Crippen LogP contribution is 2.27. The van der Waals surface area contributed by atoms with Crippen LogP contribution in [-0.2, 0) is 4.79 Å². The highest BCUT2D eigenvalue weighted by Gasteiger charge is 2.18. The summed E-state index contributed by atoms with van der Waals surface area (Å²) in [4.78, 5) is 16.7. The van der Waals surface area contributed by atoms with E-state index in [-0.39, 0.29) is 5.91 Å². The molecule has 0 bridgehead atoms. The fraction of sp³-hybridized carbons (Fsp3) is 0.211. The Morgan fingerprint density at radius 2 is 1.74 bits per heavy atom. The number of rotatable bonds is 7. The minimum Gasteiger partial charge on any atom is -0.497 e. The molecule has 1 amide bonds. The average molecular weight is 385 g/mol. The summed E-state index contributed by atoms with van der Waals surface area (Å²) >= 11 is 1.11. The van der Waals surface area contributed by atoms with Gasteiger partial charge in [-0.15, -0.1) is 0 Å². The molecule has 0 saturated heterocycles. The van der Waals surface area contributed by atoms with Gasteiger partial charge in [0.2, 0.25) is 5.13 Å². The van der Waals surface area contributed by atoms with Gasteiger partial charge < -0.3 is 14.2 Å². The van der Waals surface area contributed by atoms with Gasteiger partial charge in [-0.1, -0.05) is 12.1 Å². The number of para-hydroxylation sites is 2. The number of hydrogen-bond donors (Lipinski definition) is 1. The van der Waals surface area contributed by atoms with Gasteiger partial charge in [0.1, 0.15) is 5.75 Å². The number of methoxy groups -OCH3 is 2. The zero-order chi connectivity index (χ0) is 19.2. The fourth-order valence-corrected chi connectivity index (χ4v) is 2.89. The van der Waals surface area contributed by atoms with E-state index in [0.29, 0.717) is 22.5 Å². The molecule has 0 spiro atoms. The first-order chi connectivity index (χ1) is 13.1. The number of nitrogens with one attached hydrogen (secondary N) is 1. The van der Waals surface area contributed by atoms with Crippen LogP contribution in [0.4, 0.5) is 5.13 Å². The summed E-state index contributed by atoms with van der Waals surface area (Å²) in [6.07, 6.45) is -0.727. The average Bonchev–Trinajstić information content (AvgIpc) is 3.16. The van der Waals surface area contributed by atoms with Crippen LogP contribution < -0.4 is 19.5 Å². The van der Waals surface area contributed by atoms with Gasteiger partial charge in [0.15, 0.2) is 23.4 Å². The van der Waals surface area contributed by atoms with Gasteiger partial charge in [-0.25, -0.2) is 0 Å². The summed E-state index contributed by atoms with van der Waals surface area (Å²) in [6, 6.07) is 14.5. The van der Waals surface area contributed by atoms with Crippen molar-refractivity contribution in [2.24, 2.45) is 0 Å². The summed E-state index contributed by atoms with van der Waals surface area (Å²) in [5.41, 5.74) is 0.839. The van der Waals surface area contributed by atoms with Gasteiger partial charge in [0, 0.05) is 17.1 Å². The molecule has 1 heterocycles. The Labute approximate surface area is 161 Å². The molecule has 1 unspecified atom stereocenters. The standard InChI is InChI=1S/C19H19N3O4S/c1-12(26-16-7-5-4-6-15(16)25-3)18(23)21-19-20-17(22-27-19)13-8-10-14(24-2)11-9-13/h4-12H,1-3H3,(H,20,21,22,23). The number of carbonyl (C=O) groups is 1. The number of ether oxygens (including phenoxy) is 3. The third kappa shape index (κ3) is 4.53. The molecule has 1 N–H and O–H groups in total. The van der Waals surface area contributed by atoms with E-state index in [0.717, 1.165) is 22.8 Å². The number of hydrogen-bond acceptors (Lipinski definition) is 7. The maximum absolute atomic E-state index is 12.4. The molecule has 0 aliphatic heterocycles. The molecule has 0 aliphatic rings. The Morgan fingerprint density at radius 3 is 2.41 bits per heavy atom. The van der Waals surface area contributed by atoms with Crippen molar-refractivity contribution in [1.29, 1.82) is 0 Å². The molecular formula is C19H19N3O4S. The lowest BCUT2D eigenvalue weighted by Crippen LogP contribution is -2.30. The zero-order valence-electron chi connectivity index (χ0n) is 15.1. The second-order valence-electron chi connectivity index (χ2n) is 5.55. The smallest absolute Gasteiger partial charge is 0.266 e. The summed E-state index contributed by atoms with van der Waals surface area (Å²) in [7, 11) is 3.16. The van der Waals surface area contributed by atoms with E-state index < -0.39 is 6.10 Å². The van der Waals surface area contributed by atoms with Crippen molar-refractivity contribution in [1.82, 2.24) is 9.36 Å². The summed E-state index contributed by atoms with van der Waals surface area (Å²) < 4.78 is 20.3. The minimum absolute atomic E-state index is 0.321. The van der Waals surface area contributed by atoms with E-state index in [2.05, 4.69) is 14.7 Å². The van der Waals surface area contributed by atoms with Crippen molar-refractivity contribution < 1.29 is 19.0 Å². The highest BCUT2D eigenvalue weighted by atomic mass is 32.1. The van der Waals surface area contributed by atoms with E-state index in [1.165, 1.54) is 0 Å². The van der Waals surface area contributed by atoms with Gasteiger partial charge >= 0.3 is 0 Å². The van der Waals surface area contributed by atoms with Gasteiger partial charge in [-0.05, 0) is 43.3 Å². The normalized spacial score (nSPS) is 11.5. The molecular weight excluding hydrogens is 366 g/mol. The van der Waals surface area contributed by atoms with Gasteiger partial charge in [0.25, 0.3) is 5.91 Å². The van der Waals surface area contributed by atoms with Gasteiger partial charge in [-0.2, -0.15) is 9.36 Å². The van der Waals surface area contributed by atoms with Crippen molar-refractivity contribution >= 4 is 22.6 Å². The Hall–Kier alpha value is -3.13. The van der Waals surface area contributed by atoms with E-state index in [1.54, 1.807) is 33.3 Å². The Kier molecular flexibility index (Phi) is 5.87. The third-order valence-electron chi connectivity index (χ3n) is 3.75. The van der Waals surface area contributed by atoms with Crippen LogP contribution in [0, 0.1) is 0 Å². The predicted molar refractivity (Wildman–Crippen MR) is 104 cm³/mol. The second-order valence-corrected chi connectivity index (χ2v) is 6.30. The minimum atomic E-state index is -0.727. The molecule has 3 aromatic rings. The van der Waals surface area contributed by atoms with Crippen LogP contribution in [-0.4, -0.2) is 35.6 Å². The molecule has 8 heteroatoms. The van der Waals surface area contributed by atoms with Crippen LogP contribution in [0.3, 0.4) is 0 Å². The first-order valence-corrected chi connectivity index (χ1v) is 8.96. The molecule has 27 heavy (non-hydrogen) atoms. The number of aromatic nitrogens is 2. The first-order valence-electron chi connectivity index (χ1n) is 8.19. The Bertz CT molecular complexity index is 911. The molecule has 140 valence electrons. The van der Waals surface area contributed by atoms with Crippen LogP contribution >= 0.6 is 11.5 Å². The lowest BCUT2D eigenvalue weighted by atomic mass is 10.2. The number of anilines is 1. The van der Waals surface area contributed by atoms with Crippen LogP contribution in [0.2, 0.25) is 0 Å². The second kappa shape index (κ2) is 8.50. The quantitative estimate of drug-likeness (QED) is 0.669. The summed E-state index contributed by atoms with van der Waals surface area (Å²) in [5.74, 6) is 2.04. The SMILES string of the molecule is COc1ccc(-c2nsc(NC(=O)C(C)Oc3ccccc3OC)n2)cc1. The number of benzene rings is 2. The van der Waals surface area contributed by atoms with Crippen LogP contribution in [0.5, 0.6) is 17.2 Å². The van der Waals surface area contributed by atoms with Crippen molar-refractivity contribution in [3.63, 3.8) is 0 Å². The monoisotopic (exact) mass is 385 g/mol. The van der Waals surface area contributed by atoms with Crippen molar-refractivity contribution in [2.75, 3.05) is 19.5 Å². The molecule has 1 aromatic heterocycles. The largest absolute Gasteiger partial charge is 0.497 e. The van der Waals surface area contributed by atoms with Crippen molar-refractivity contribution in [3.05, 3.63) is 48.5 Å². The molecule has 0 fully saturated rings. The molecule has 2 aromatic carbocycles. The van der Waals surface area contributed by atoms with E-state index in [4.69, 9.17) is 14.2 Å². The maximum atomic E-state index is 12.4. The Morgan fingerprint density at radius 1 is 1.04 bits per heavy atom. The van der Waals surface area contributed by atoms with Crippen molar-refractivity contribution in [2.45, 2.75) is 13.0 Å². The third-order valence-corrected chi connectivity index (χ3v) is 4.38. The fourth-order valence-electron chi connectivity index (χ4n) is 2.30. The molecule has 0 saturated carbocycles. The Balaban J connectivity index is 1.64. The predicted octanol–water partition coefficient (Wildman–Crippen LogP) is 3.63. The van der Waals surface area contributed by atoms with Gasteiger partial charge in [-0.3, -0.25) is 10.1 Å². The van der Waals surface area contributed by atoms with Crippen molar-refractivity contribution in [3.8, 4) is 28.6 Å². The topological polar surface area (TPSA) is 82.6 Å². The number of nitrogens with zero attached hydrogens (tertiary/aromatic N) is 2. The zero-order valence-corrected chi connectivity index (χ0v) is 15.9. The van der Waals surface area contributed by atoms with Gasteiger partial charge in [0.05, 0.1) is 14.2 Å². The number of amides is 1. The molecule has 1 atom stereocenters. The van der Waals surface area contributed by atoms with E-state index in [1.807, 2.05) is 36.4 Å². The van der Waals surface area contributed by atoms with E-state index >= 15 is 0 Å². The highest BCUT2D eigenvalue weighted by molar-refractivity contribution is 7.10. The number of carbonyl (C=O) groups excluding carboxylic acids is 1. The lowest BCUT2D eigenvalue weighted by molar-refractivity contribution is -0.122. The molecule has 7 nitrogen and oxygen atoms in total. The maximum Gasteiger partial charge on any atom is 0.266 e. The summed E-state index contributed by atoms with van der Waals surface area (Å²) in [5, 5.41) is 3.13. The summed E-state index contributed by atoms with van der Waals surface area (Å²) in [6.45, 7) is 1.66. The molecule has 0 aliphatic carbocycles.